The largest absolute Gasteiger partial charge is 0.497 e. The molecule has 0 spiro atoms. The molecule has 4 atom stereocenters. The molecule has 0 saturated carbocycles. The van der Waals surface area contributed by atoms with Gasteiger partial charge in [-0.1, -0.05) is 59.7 Å². The first kappa shape index (κ1) is 28.7. The molecule has 3 aromatic carbocycles. The second kappa shape index (κ2) is 12.3. The van der Waals surface area contributed by atoms with Gasteiger partial charge < -0.3 is 29.7 Å². The van der Waals surface area contributed by atoms with Gasteiger partial charge in [0.15, 0.2) is 6.23 Å². The first-order valence-electron chi connectivity index (χ1n) is 13.2. The van der Waals surface area contributed by atoms with Crippen LogP contribution in [0.25, 0.3) is 10.4 Å². The van der Waals surface area contributed by atoms with E-state index in [1.54, 1.807) is 20.3 Å². The fourth-order valence-electron chi connectivity index (χ4n) is 5.18. The van der Waals surface area contributed by atoms with Gasteiger partial charge in [0, 0.05) is 11.1 Å². The van der Waals surface area contributed by atoms with Crippen LogP contribution in [-0.4, -0.2) is 58.8 Å². The minimum Gasteiger partial charge on any atom is -0.497 e. The number of hydrogen-bond acceptors (Lipinski definition) is 9. The number of nitrogens with zero attached hydrogens (tertiary/aromatic N) is 5. The van der Waals surface area contributed by atoms with E-state index in [1.807, 2.05) is 78.9 Å². The third kappa shape index (κ3) is 5.39. The molecule has 1 aliphatic rings. The van der Waals surface area contributed by atoms with Crippen molar-refractivity contribution in [2.24, 2.45) is 5.11 Å². The van der Waals surface area contributed by atoms with Gasteiger partial charge in [-0.2, -0.15) is 4.98 Å². The molecule has 0 unspecified atom stereocenters. The van der Waals surface area contributed by atoms with Crippen molar-refractivity contribution in [3.63, 3.8) is 0 Å². The second-order valence-corrected chi connectivity index (χ2v) is 9.66. The lowest BCUT2D eigenvalue weighted by molar-refractivity contribution is -0.0371. The highest BCUT2D eigenvalue weighted by atomic mass is 16.6. The van der Waals surface area contributed by atoms with E-state index in [2.05, 4.69) is 20.3 Å². The highest BCUT2D eigenvalue weighted by molar-refractivity contribution is 5.59. The Morgan fingerprint density at radius 1 is 0.929 bits per heavy atom. The Bertz CT molecular complexity index is 1560. The van der Waals surface area contributed by atoms with Crippen molar-refractivity contribution in [3.8, 4) is 11.5 Å². The molecule has 1 aliphatic heterocycles. The summed E-state index contributed by atoms with van der Waals surface area (Å²) >= 11 is 0. The smallest absolute Gasteiger partial charge is 0.351 e. The van der Waals surface area contributed by atoms with Gasteiger partial charge in [-0.3, -0.25) is 4.57 Å². The Hall–Kier alpha value is -4.87. The zero-order valence-corrected chi connectivity index (χ0v) is 22.9. The van der Waals surface area contributed by atoms with Crippen LogP contribution in [-0.2, 0) is 10.3 Å². The highest BCUT2D eigenvalue weighted by Gasteiger charge is 2.44. The summed E-state index contributed by atoms with van der Waals surface area (Å²) in [7, 11) is 3.20. The van der Waals surface area contributed by atoms with E-state index in [9.17, 15) is 15.0 Å². The Kier molecular flexibility index (Phi) is 8.41. The van der Waals surface area contributed by atoms with Crippen molar-refractivity contribution in [3.05, 3.63) is 129 Å². The SMILES string of the molecule is COc1ccc(C(Nc2ccn([C@@H]3O[C@H](CN=[N+]=[N-])[C@@H](O)[C@H]3O)c(=O)n2)(c2ccccc2)c2ccc(OC)cc2)cc1. The predicted molar refractivity (Wildman–Crippen MR) is 154 cm³/mol. The summed E-state index contributed by atoms with van der Waals surface area (Å²) < 4.78 is 17.6. The van der Waals surface area contributed by atoms with Crippen molar-refractivity contribution >= 4 is 5.82 Å². The fourth-order valence-corrected chi connectivity index (χ4v) is 5.18. The zero-order chi connectivity index (χ0) is 29.7. The number of benzene rings is 3. The van der Waals surface area contributed by atoms with E-state index < -0.39 is 35.8 Å². The molecule has 0 radical (unpaired) electrons. The van der Waals surface area contributed by atoms with Crippen LogP contribution in [0.2, 0.25) is 0 Å². The maximum absolute atomic E-state index is 13.3. The average molecular weight is 571 g/mol. The van der Waals surface area contributed by atoms with E-state index in [1.165, 1.54) is 6.20 Å². The third-order valence-electron chi connectivity index (χ3n) is 7.33. The summed E-state index contributed by atoms with van der Waals surface area (Å²) in [6.07, 6.45) is -3.52. The number of aliphatic hydroxyl groups excluding tert-OH is 2. The van der Waals surface area contributed by atoms with Crippen LogP contribution in [0, 0.1) is 0 Å². The molecule has 1 aromatic heterocycles. The first-order valence-corrected chi connectivity index (χ1v) is 13.2. The van der Waals surface area contributed by atoms with Crippen LogP contribution in [0.5, 0.6) is 11.5 Å². The molecule has 1 fully saturated rings. The van der Waals surface area contributed by atoms with Gasteiger partial charge in [0.1, 0.15) is 35.1 Å². The van der Waals surface area contributed by atoms with Crippen molar-refractivity contribution in [1.29, 1.82) is 0 Å². The van der Waals surface area contributed by atoms with Gasteiger partial charge >= 0.3 is 5.69 Å². The van der Waals surface area contributed by atoms with Gasteiger partial charge in [-0.25, -0.2) is 4.79 Å². The van der Waals surface area contributed by atoms with E-state index in [0.717, 1.165) is 21.3 Å². The molecule has 12 nitrogen and oxygen atoms in total. The lowest BCUT2D eigenvalue weighted by Crippen LogP contribution is -2.40. The van der Waals surface area contributed by atoms with Gasteiger partial charge in [0.25, 0.3) is 0 Å². The predicted octanol–water partition coefficient (Wildman–Crippen LogP) is 3.59. The van der Waals surface area contributed by atoms with Crippen LogP contribution in [0.15, 0.2) is 101 Å². The van der Waals surface area contributed by atoms with Gasteiger partial charge in [0.2, 0.25) is 0 Å². The van der Waals surface area contributed by atoms with E-state index >= 15 is 0 Å². The number of anilines is 1. The maximum atomic E-state index is 13.3. The van der Waals surface area contributed by atoms with Crippen LogP contribution in [0.1, 0.15) is 22.9 Å². The summed E-state index contributed by atoms with van der Waals surface area (Å²) in [5.41, 5.74) is 9.46. The minimum absolute atomic E-state index is 0.198. The highest BCUT2D eigenvalue weighted by Crippen LogP contribution is 2.41. The molecular formula is C30H30N6O6. The third-order valence-corrected chi connectivity index (χ3v) is 7.33. The van der Waals surface area contributed by atoms with Gasteiger partial charge in [-0.05, 0) is 52.6 Å². The van der Waals surface area contributed by atoms with Crippen LogP contribution < -0.4 is 20.5 Å². The fraction of sp³-hybridized carbons (Fsp3) is 0.267. The van der Waals surface area contributed by atoms with Gasteiger partial charge in [0.05, 0.1) is 26.9 Å². The second-order valence-electron chi connectivity index (χ2n) is 9.66. The zero-order valence-electron chi connectivity index (χ0n) is 22.9. The summed E-state index contributed by atoms with van der Waals surface area (Å²) in [6, 6.07) is 26.6. The number of hydrogen-bond donors (Lipinski definition) is 3. The molecule has 2 heterocycles. The standard InChI is InChI=1S/C30H30N6O6/c1-40-22-12-8-20(9-13-22)30(19-6-4-3-5-7-19,21-10-14-23(41-2)15-11-21)34-25-16-17-36(29(39)33-25)28-27(38)26(37)24(42-28)18-32-35-31/h3-17,24,26-28,37-38H,18H2,1-2H3,(H,33,34,39)/t24-,26-,27-,28-/m1/s1. The Morgan fingerprint density at radius 2 is 1.50 bits per heavy atom. The molecular weight excluding hydrogens is 540 g/mol. The summed E-state index contributed by atoms with van der Waals surface area (Å²) in [5.74, 6) is 1.63. The van der Waals surface area contributed by atoms with Crippen LogP contribution >= 0.6 is 0 Å². The molecule has 216 valence electrons. The summed E-state index contributed by atoms with van der Waals surface area (Å²) in [5, 5.41) is 27.8. The number of rotatable bonds is 10. The van der Waals surface area contributed by atoms with Crippen molar-refractivity contribution in [2.45, 2.75) is 30.1 Å². The number of methoxy groups -OCH3 is 2. The normalized spacial score (nSPS) is 20.0. The molecule has 0 aliphatic carbocycles. The topological polar surface area (TPSA) is 164 Å². The molecule has 4 aromatic rings. The van der Waals surface area contributed by atoms with E-state index in [-0.39, 0.29) is 12.4 Å². The molecule has 12 heteroatoms. The number of azide groups is 1. The van der Waals surface area contributed by atoms with Crippen molar-refractivity contribution in [2.75, 3.05) is 26.1 Å². The Labute approximate surface area is 241 Å². The Balaban J connectivity index is 1.60. The monoisotopic (exact) mass is 570 g/mol. The molecule has 5 rings (SSSR count). The molecule has 0 bridgehead atoms. The number of ether oxygens (including phenoxy) is 3. The number of aromatic nitrogens is 2. The first-order chi connectivity index (χ1) is 20.4. The number of aliphatic hydroxyl groups is 2. The van der Waals surface area contributed by atoms with Crippen molar-refractivity contribution < 1.29 is 24.4 Å². The maximum Gasteiger partial charge on any atom is 0.351 e. The quantitative estimate of drug-likeness (QED) is 0.113. The molecule has 1 saturated heterocycles. The summed E-state index contributed by atoms with van der Waals surface area (Å²) in [4.78, 5) is 20.2. The number of nitrogens with one attached hydrogen (secondary N) is 1. The van der Waals surface area contributed by atoms with Gasteiger partial charge in [-0.15, -0.1) is 0 Å². The molecule has 0 amide bonds. The van der Waals surface area contributed by atoms with Crippen LogP contribution in [0.3, 0.4) is 0 Å². The average Bonchev–Trinajstić information content (AvgIpc) is 3.31. The summed E-state index contributed by atoms with van der Waals surface area (Å²) in [6.45, 7) is -0.198. The minimum atomic E-state index is -1.43. The van der Waals surface area contributed by atoms with E-state index in [4.69, 9.17) is 19.7 Å². The Morgan fingerprint density at radius 3 is 2.02 bits per heavy atom. The van der Waals surface area contributed by atoms with E-state index in [0.29, 0.717) is 11.5 Å². The lowest BCUT2D eigenvalue weighted by Gasteiger charge is -2.37. The molecule has 3 N–H and O–H groups in total. The van der Waals surface area contributed by atoms with Crippen molar-refractivity contribution in [1.82, 2.24) is 9.55 Å². The van der Waals surface area contributed by atoms with Crippen LogP contribution in [0.4, 0.5) is 5.82 Å². The lowest BCUT2D eigenvalue weighted by atomic mass is 9.77. The molecule has 42 heavy (non-hydrogen) atoms.